The van der Waals surface area contributed by atoms with Gasteiger partial charge in [-0.15, -0.1) is 11.6 Å². The van der Waals surface area contributed by atoms with Gasteiger partial charge in [0, 0.05) is 37.1 Å². The van der Waals surface area contributed by atoms with E-state index in [0.717, 1.165) is 23.9 Å². The third-order valence-electron chi connectivity index (χ3n) is 2.65. The van der Waals surface area contributed by atoms with Gasteiger partial charge in [0.1, 0.15) is 5.82 Å². The molecule has 1 aliphatic rings. The first-order valence-corrected chi connectivity index (χ1v) is 6.21. The second-order valence-corrected chi connectivity index (χ2v) is 4.72. The largest absolute Gasteiger partial charge is 0.380 e. The zero-order valence-corrected chi connectivity index (χ0v) is 10.4. The smallest absolute Gasteiger partial charge is 0.205 e. The second-order valence-electron chi connectivity index (χ2n) is 3.68. The summed E-state index contributed by atoms with van der Waals surface area (Å²) in [5.74, 6) is 1.43. The quantitative estimate of drug-likeness (QED) is 0.762. The highest BCUT2D eigenvalue weighted by Gasteiger charge is 2.33. The molecule has 0 spiro atoms. The topological polar surface area (TPSA) is 38.2 Å². The van der Waals surface area contributed by atoms with E-state index in [9.17, 15) is 0 Å². The molecule has 0 radical (unpaired) electrons. The Hall–Kier alpha value is -0.390. The minimum absolute atomic E-state index is 0.262. The first kappa shape index (κ1) is 11.1. The number of methoxy groups -OCH3 is 1. The number of rotatable bonds is 3. The van der Waals surface area contributed by atoms with E-state index >= 15 is 0 Å². The van der Waals surface area contributed by atoms with Crippen molar-refractivity contribution in [1.82, 2.24) is 9.36 Å². The molecule has 0 saturated carbocycles. The van der Waals surface area contributed by atoms with Gasteiger partial charge in [0.15, 0.2) is 0 Å². The minimum atomic E-state index is 0.262. The summed E-state index contributed by atoms with van der Waals surface area (Å²) in [6.07, 6.45) is 1.23. The third-order valence-corrected chi connectivity index (χ3v) is 3.85. The van der Waals surface area contributed by atoms with E-state index in [4.69, 9.17) is 16.3 Å². The molecule has 2 heterocycles. The monoisotopic (exact) mass is 247 g/mol. The highest BCUT2D eigenvalue weighted by molar-refractivity contribution is 7.09. The predicted molar refractivity (Wildman–Crippen MR) is 61.9 cm³/mol. The molecule has 4 nitrogen and oxygen atoms in total. The van der Waals surface area contributed by atoms with Crippen molar-refractivity contribution in [1.29, 1.82) is 0 Å². The van der Waals surface area contributed by atoms with Crippen LogP contribution in [0.1, 0.15) is 12.2 Å². The number of aromatic nitrogens is 2. The van der Waals surface area contributed by atoms with Gasteiger partial charge in [-0.2, -0.15) is 4.37 Å². The Morgan fingerprint density at radius 3 is 3.00 bits per heavy atom. The third kappa shape index (κ3) is 2.24. The van der Waals surface area contributed by atoms with Crippen molar-refractivity contribution in [2.24, 2.45) is 0 Å². The van der Waals surface area contributed by atoms with Crippen molar-refractivity contribution in [3.63, 3.8) is 0 Å². The fraction of sp³-hybridized carbons (Fsp3) is 0.778. The maximum Gasteiger partial charge on any atom is 0.205 e. The van der Waals surface area contributed by atoms with Crippen LogP contribution < -0.4 is 4.90 Å². The maximum atomic E-state index is 5.94. The van der Waals surface area contributed by atoms with Crippen LogP contribution in [0.3, 0.4) is 0 Å². The lowest BCUT2D eigenvalue weighted by molar-refractivity contribution is 0.119. The molecule has 0 N–H and O–H groups in total. The molecule has 1 aliphatic heterocycles. The summed E-state index contributed by atoms with van der Waals surface area (Å²) in [7, 11) is 1.74. The lowest BCUT2D eigenvalue weighted by atomic mass is 10.2. The van der Waals surface area contributed by atoms with Gasteiger partial charge in [-0.1, -0.05) is 0 Å². The average Bonchev–Trinajstić information content (AvgIpc) is 2.82. The number of anilines is 1. The molecule has 6 heteroatoms. The molecule has 1 saturated heterocycles. The Morgan fingerprint density at radius 2 is 2.47 bits per heavy atom. The molecule has 0 amide bonds. The van der Waals surface area contributed by atoms with Gasteiger partial charge in [-0.05, 0) is 13.3 Å². The Bertz CT molecular complexity index is 333. The van der Waals surface area contributed by atoms with Gasteiger partial charge in [-0.25, -0.2) is 4.98 Å². The average molecular weight is 248 g/mol. The highest BCUT2D eigenvalue weighted by Crippen LogP contribution is 2.28. The fourth-order valence-electron chi connectivity index (χ4n) is 1.83. The van der Waals surface area contributed by atoms with E-state index < -0.39 is 0 Å². The Morgan fingerprint density at radius 1 is 1.67 bits per heavy atom. The summed E-state index contributed by atoms with van der Waals surface area (Å²) in [6.45, 7) is 2.77. The zero-order chi connectivity index (χ0) is 10.8. The highest BCUT2D eigenvalue weighted by atomic mass is 35.5. The summed E-state index contributed by atoms with van der Waals surface area (Å²) in [4.78, 5) is 6.58. The number of nitrogens with zero attached hydrogens (tertiary/aromatic N) is 3. The van der Waals surface area contributed by atoms with E-state index in [2.05, 4.69) is 14.3 Å². The molecule has 0 aromatic carbocycles. The van der Waals surface area contributed by atoms with Crippen molar-refractivity contribution in [2.75, 3.05) is 24.4 Å². The molecular weight excluding hydrogens is 234 g/mol. The van der Waals surface area contributed by atoms with Crippen LogP contribution in [0.25, 0.3) is 0 Å². The minimum Gasteiger partial charge on any atom is -0.380 e. The van der Waals surface area contributed by atoms with Gasteiger partial charge in [-0.3, -0.25) is 0 Å². The normalized spacial score (nSPS) is 26.2. The number of hydrogen-bond acceptors (Lipinski definition) is 5. The maximum absolute atomic E-state index is 5.94. The molecule has 0 bridgehead atoms. The van der Waals surface area contributed by atoms with Gasteiger partial charge in [0.2, 0.25) is 5.13 Å². The Balaban J connectivity index is 2.14. The summed E-state index contributed by atoms with van der Waals surface area (Å²) < 4.78 is 9.54. The van der Waals surface area contributed by atoms with Crippen molar-refractivity contribution >= 4 is 28.3 Å². The number of alkyl halides is 1. The van der Waals surface area contributed by atoms with Crippen molar-refractivity contribution in [2.45, 2.75) is 25.5 Å². The zero-order valence-electron chi connectivity index (χ0n) is 8.81. The SMILES string of the molecule is COC1CC(CCl)N(c2nc(C)ns2)C1. The van der Waals surface area contributed by atoms with Crippen molar-refractivity contribution in [3.05, 3.63) is 5.82 Å². The van der Waals surface area contributed by atoms with Crippen LogP contribution in [0.4, 0.5) is 5.13 Å². The van der Waals surface area contributed by atoms with Crippen LogP contribution in [0.2, 0.25) is 0 Å². The lowest BCUT2D eigenvalue weighted by Crippen LogP contribution is -2.30. The summed E-state index contributed by atoms with van der Waals surface area (Å²) in [6, 6.07) is 0.323. The van der Waals surface area contributed by atoms with E-state index in [1.54, 1.807) is 7.11 Å². The van der Waals surface area contributed by atoms with Crippen molar-refractivity contribution < 1.29 is 4.74 Å². The van der Waals surface area contributed by atoms with Crippen LogP contribution >= 0.6 is 23.1 Å². The van der Waals surface area contributed by atoms with Crippen LogP contribution in [0.5, 0.6) is 0 Å². The van der Waals surface area contributed by atoms with Crippen LogP contribution in [-0.2, 0) is 4.74 Å². The molecule has 1 aromatic heterocycles. The van der Waals surface area contributed by atoms with Gasteiger partial charge in [0.05, 0.1) is 6.10 Å². The summed E-state index contributed by atoms with van der Waals surface area (Å²) in [5, 5.41) is 0.956. The lowest BCUT2D eigenvalue weighted by Gasteiger charge is -2.20. The molecule has 0 aliphatic carbocycles. The van der Waals surface area contributed by atoms with Crippen LogP contribution in [0.15, 0.2) is 0 Å². The van der Waals surface area contributed by atoms with E-state index in [-0.39, 0.29) is 6.10 Å². The number of halogens is 1. The number of hydrogen-bond donors (Lipinski definition) is 0. The summed E-state index contributed by atoms with van der Waals surface area (Å²) in [5.41, 5.74) is 0. The van der Waals surface area contributed by atoms with Gasteiger partial charge in [0.25, 0.3) is 0 Å². The van der Waals surface area contributed by atoms with E-state index in [1.165, 1.54) is 11.5 Å². The van der Waals surface area contributed by atoms with E-state index in [0.29, 0.717) is 11.9 Å². The summed E-state index contributed by atoms with van der Waals surface area (Å²) >= 11 is 7.37. The molecule has 2 unspecified atom stereocenters. The molecule has 2 rings (SSSR count). The Labute approximate surface area is 98.4 Å². The van der Waals surface area contributed by atoms with Crippen LogP contribution in [0, 0.1) is 6.92 Å². The molecule has 84 valence electrons. The predicted octanol–water partition coefficient (Wildman–Crippen LogP) is 1.68. The van der Waals surface area contributed by atoms with Gasteiger partial charge >= 0.3 is 0 Å². The molecular formula is C9H14ClN3OS. The second kappa shape index (κ2) is 4.63. The number of ether oxygens (including phenoxy) is 1. The molecule has 1 fully saturated rings. The molecule has 1 aromatic rings. The molecule has 2 atom stereocenters. The fourth-order valence-corrected chi connectivity index (χ4v) is 2.88. The first-order valence-electron chi connectivity index (χ1n) is 4.90. The van der Waals surface area contributed by atoms with E-state index in [1.807, 2.05) is 6.92 Å². The van der Waals surface area contributed by atoms with Gasteiger partial charge < -0.3 is 9.64 Å². The van der Waals surface area contributed by atoms with Crippen LogP contribution in [-0.4, -0.2) is 41.0 Å². The molecule has 15 heavy (non-hydrogen) atoms. The first-order chi connectivity index (χ1) is 7.24. The standard InChI is InChI=1S/C9H14ClN3OS/c1-6-11-9(15-12-6)13-5-8(14-2)3-7(13)4-10/h7-8H,3-5H2,1-2H3. The Kier molecular flexibility index (Phi) is 3.43. The van der Waals surface area contributed by atoms with Crippen molar-refractivity contribution in [3.8, 4) is 0 Å². The number of aryl methyl sites for hydroxylation is 1.